The van der Waals surface area contributed by atoms with Crippen LogP contribution >= 0.6 is 0 Å². The van der Waals surface area contributed by atoms with E-state index in [1.165, 1.54) is 7.11 Å². The van der Waals surface area contributed by atoms with Crippen molar-refractivity contribution in [3.05, 3.63) is 30.0 Å². The molecule has 10 heteroatoms. The largest absolute Gasteiger partial charge is 0.496 e. The fraction of sp³-hybridized carbons (Fsp3) is 0.520. The van der Waals surface area contributed by atoms with Gasteiger partial charge < -0.3 is 30.4 Å². The summed E-state index contributed by atoms with van der Waals surface area (Å²) in [7, 11) is 2.81. The van der Waals surface area contributed by atoms with Crippen LogP contribution in [0.3, 0.4) is 0 Å². The molecule has 2 heterocycles. The van der Waals surface area contributed by atoms with Gasteiger partial charge in [0.2, 0.25) is 11.8 Å². The third-order valence-electron chi connectivity index (χ3n) is 6.70. The highest BCUT2D eigenvalue weighted by Gasteiger charge is 2.35. The number of carbonyl (C=O) groups excluding carboxylic acids is 4. The number of fused-ring (bicyclic) bond motifs is 1. The van der Waals surface area contributed by atoms with Gasteiger partial charge in [0, 0.05) is 23.4 Å². The molecule has 3 amide bonds. The van der Waals surface area contributed by atoms with Gasteiger partial charge in [0.15, 0.2) is 0 Å². The number of H-pyrrole nitrogens is 1. The van der Waals surface area contributed by atoms with Crippen molar-refractivity contribution in [3.63, 3.8) is 0 Å². The number of piperidine rings is 1. The van der Waals surface area contributed by atoms with Crippen LogP contribution in [0.25, 0.3) is 10.9 Å². The normalized spacial score (nSPS) is 19.4. The van der Waals surface area contributed by atoms with E-state index >= 15 is 0 Å². The second kappa shape index (κ2) is 10.8. The molecule has 2 aromatic rings. The zero-order valence-electron chi connectivity index (χ0n) is 20.0. The number of methoxy groups -OCH3 is 2. The molecule has 1 saturated carbocycles. The number of benzene rings is 1. The molecular formula is C25H32N4O6. The summed E-state index contributed by atoms with van der Waals surface area (Å²) in [5.74, 6) is -1.04. The maximum absolute atomic E-state index is 13.2. The molecule has 0 spiro atoms. The third kappa shape index (κ3) is 5.93. The molecule has 1 aromatic carbocycles. The maximum atomic E-state index is 13.2. The Balaban J connectivity index is 1.47. The number of ether oxygens (including phenoxy) is 2. The predicted octanol–water partition coefficient (Wildman–Crippen LogP) is 1.65. The summed E-state index contributed by atoms with van der Waals surface area (Å²) in [6.45, 7) is 0.611. The van der Waals surface area contributed by atoms with Crippen molar-refractivity contribution in [2.24, 2.45) is 11.8 Å². The summed E-state index contributed by atoms with van der Waals surface area (Å²) in [6, 6.07) is 5.36. The first-order chi connectivity index (χ1) is 16.9. The number of aromatic amines is 1. The SMILES string of the molecule is COC(=O)[C@H](C[C@@H]1CCCNC1=O)NC(=O)[C@H](CC1CC1)NC(=O)c1cc2c(OC)cccc2[nH]1. The van der Waals surface area contributed by atoms with Gasteiger partial charge in [-0.05, 0) is 49.8 Å². The Labute approximate surface area is 203 Å². The molecule has 1 saturated heterocycles. The third-order valence-corrected chi connectivity index (χ3v) is 6.70. The smallest absolute Gasteiger partial charge is 0.328 e. The van der Waals surface area contributed by atoms with E-state index in [1.807, 2.05) is 12.1 Å². The van der Waals surface area contributed by atoms with Gasteiger partial charge in [-0.1, -0.05) is 18.9 Å². The van der Waals surface area contributed by atoms with Crippen molar-refractivity contribution in [1.29, 1.82) is 0 Å². The van der Waals surface area contributed by atoms with Crippen molar-refractivity contribution < 1.29 is 28.7 Å². The van der Waals surface area contributed by atoms with E-state index in [-0.39, 0.29) is 18.2 Å². The Morgan fingerprint density at radius 3 is 2.57 bits per heavy atom. The first-order valence-electron chi connectivity index (χ1n) is 12.0. The van der Waals surface area contributed by atoms with Gasteiger partial charge in [-0.2, -0.15) is 0 Å². The molecule has 4 N–H and O–H groups in total. The van der Waals surface area contributed by atoms with Gasteiger partial charge in [-0.25, -0.2) is 4.79 Å². The molecule has 1 aliphatic carbocycles. The molecular weight excluding hydrogens is 452 g/mol. The predicted molar refractivity (Wildman–Crippen MR) is 128 cm³/mol. The lowest BCUT2D eigenvalue weighted by Crippen LogP contribution is -2.53. The Morgan fingerprint density at radius 1 is 1.09 bits per heavy atom. The van der Waals surface area contributed by atoms with Crippen LogP contribution in [-0.2, 0) is 19.1 Å². The monoisotopic (exact) mass is 484 g/mol. The fourth-order valence-corrected chi connectivity index (χ4v) is 4.56. The zero-order chi connectivity index (χ0) is 24.9. The van der Waals surface area contributed by atoms with Crippen molar-refractivity contribution in [2.45, 2.75) is 50.6 Å². The number of rotatable bonds is 10. The average Bonchev–Trinajstić information content (AvgIpc) is 3.57. The topological polar surface area (TPSA) is 139 Å². The molecule has 0 unspecified atom stereocenters. The number of aromatic nitrogens is 1. The molecule has 1 aromatic heterocycles. The van der Waals surface area contributed by atoms with Crippen molar-refractivity contribution in [2.75, 3.05) is 20.8 Å². The summed E-state index contributed by atoms with van der Waals surface area (Å²) in [6.07, 6.45) is 4.06. The minimum atomic E-state index is -0.975. The van der Waals surface area contributed by atoms with Gasteiger partial charge in [-0.3, -0.25) is 14.4 Å². The van der Waals surface area contributed by atoms with Crippen LogP contribution in [0.4, 0.5) is 0 Å². The van der Waals surface area contributed by atoms with E-state index in [4.69, 9.17) is 9.47 Å². The minimum absolute atomic E-state index is 0.128. The van der Waals surface area contributed by atoms with Crippen molar-refractivity contribution in [1.82, 2.24) is 20.9 Å². The van der Waals surface area contributed by atoms with E-state index in [2.05, 4.69) is 20.9 Å². The minimum Gasteiger partial charge on any atom is -0.496 e. The Bertz CT molecular complexity index is 1110. The van der Waals surface area contributed by atoms with Crippen LogP contribution in [0, 0.1) is 11.8 Å². The summed E-state index contributed by atoms with van der Waals surface area (Å²) in [4.78, 5) is 54.0. The van der Waals surface area contributed by atoms with Crippen LogP contribution in [0.1, 0.15) is 49.0 Å². The van der Waals surface area contributed by atoms with Gasteiger partial charge in [0.05, 0.1) is 14.2 Å². The quantitative estimate of drug-likeness (QED) is 0.378. The number of nitrogens with one attached hydrogen (secondary N) is 4. The molecule has 188 valence electrons. The highest BCUT2D eigenvalue weighted by atomic mass is 16.5. The number of amides is 3. The van der Waals surface area contributed by atoms with Gasteiger partial charge >= 0.3 is 5.97 Å². The van der Waals surface area contributed by atoms with Gasteiger partial charge in [0.25, 0.3) is 5.91 Å². The van der Waals surface area contributed by atoms with Crippen molar-refractivity contribution in [3.8, 4) is 5.75 Å². The molecule has 1 aliphatic heterocycles. The second-order valence-electron chi connectivity index (χ2n) is 9.26. The number of hydrogen-bond acceptors (Lipinski definition) is 6. The van der Waals surface area contributed by atoms with E-state index in [0.717, 1.165) is 30.2 Å². The lowest BCUT2D eigenvalue weighted by molar-refractivity contribution is -0.146. The molecule has 35 heavy (non-hydrogen) atoms. The summed E-state index contributed by atoms with van der Waals surface area (Å²) in [5, 5.41) is 9.11. The summed E-state index contributed by atoms with van der Waals surface area (Å²) >= 11 is 0. The second-order valence-corrected chi connectivity index (χ2v) is 9.26. The summed E-state index contributed by atoms with van der Waals surface area (Å²) < 4.78 is 10.2. The van der Waals surface area contributed by atoms with Crippen LogP contribution in [0.15, 0.2) is 24.3 Å². The van der Waals surface area contributed by atoms with Crippen LogP contribution < -0.4 is 20.7 Å². The molecule has 10 nitrogen and oxygen atoms in total. The van der Waals surface area contributed by atoms with Crippen molar-refractivity contribution >= 4 is 34.6 Å². The highest BCUT2D eigenvalue weighted by Crippen LogP contribution is 2.34. The number of hydrogen-bond donors (Lipinski definition) is 4. The van der Waals surface area contributed by atoms with E-state index in [0.29, 0.717) is 36.7 Å². The molecule has 2 fully saturated rings. The van der Waals surface area contributed by atoms with Crippen LogP contribution in [-0.4, -0.2) is 61.5 Å². The lowest BCUT2D eigenvalue weighted by atomic mass is 9.91. The molecule has 3 atom stereocenters. The van der Waals surface area contributed by atoms with Crippen LogP contribution in [0.5, 0.6) is 5.75 Å². The lowest BCUT2D eigenvalue weighted by Gasteiger charge is -2.27. The standard InChI is InChI=1S/C25H32N4O6/c1-34-21-7-3-6-17-16(21)13-19(27-17)24(32)28-18(11-14-8-9-14)23(31)29-20(25(33)35-2)12-15-5-4-10-26-22(15)30/h3,6-7,13-15,18,20,27H,4-5,8-12H2,1-2H3,(H,26,30)(H,28,32)(H,29,31)/t15-,18-,20-/m0/s1. The van der Waals surface area contributed by atoms with E-state index < -0.39 is 29.9 Å². The Morgan fingerprint density at radius 2 is 1.89 bits per heavy atom. The summed E-state index contributed by atoms with van der Waals surface area (Å²) in [5.41, 5.74) is 1.05. The zero-order valence-corrected chi connectivity index (χ0v) is 20.0. The molecule has 0 bridgehead atoms. The molecule has 2 aliphatic rings. The highest BCUT2D eigenvalue weighted by molar-refractivity contribution is 6.01. The fourth-order valence-electron chi connectivity index (χ4n) is 4.56. The first-order valence-corrected chi connectivity index (χ1v) is 12.0. The molecule has 0 radical (unpaired) electrons. The van der Waals surface area contributed by atoms with E-state index in [9.17, 15) is 19.2 Å². The number of esters is 1. The first kappa shape index (κ1) is 24.6. The maximum Gasteiger partial charge on any atom is 0.328 e. The molecule has 4 rings (SSSR count). The Kier molecular flexibility index (Phi) is 7.57. The Hall–Kier alpha value is -3.56. The average molecular weight is 485 g/mol. The number of carbonyl (C=O) groups is 4. The van der Waals surface area contributed by atoms with Gasteiger partial charge in [-0.15, -0.1) is 0 Å². The van der Waals surface area contributed by atoms with Crippen LogP contribution in [0.2, 0.25) is 0 Å². The van der Waals surface area contributed by atoms with E-state index in [1.54, 1.807) is 19.2 Å². The van der Waals surface area contributed by atoms with Gasteiger partial charge in [0.1, 0.15) is 23.5 Å².